The van der Waals surface area contributed by atoms with Crippen LogP contribution < -0.4 is 29.2 Å². The summed E-state index contributed by atoms with van der Waals surface area (Å²) >= 11 is 0. The number of anilines is 1. The summed E-state index contributed by atoms with van der Waals surface area (Å²) in [5, 5.41) is 3.04. The second-order valence-electron chi connectivity index (χ2n) is 8.84. The zero-order valence-corrected chi connectivity index (χ0v) is 20.0. The zero-order valence-electron chi connectivity index (χ0n) is 20.0. The lowest BCUT2D eigenvalue weighted by atomic mass is 10.1. The molecule has 3 amide bonds. The molecule has 0 saturated carbocycles. The van der Waals surface area contributed by atoms with Gasteiger partial charge in [-0.2, -0.15) is 0 Å². The number of benzene rings is 2. The van der Waals surface area contributed by atoms with Gasteiger partial charge in [-0.05, 0) is 29.8 Å². The van der Waals surface area contributed by atoms with Crippen LogP contribution in [0.3, 0.4) is 0 Å². The first-order valence-electron chi connectivity index (χ1n) is 11.7. The minimum absolute atomic E-state index is 0.0314. The topological polar surface area (TPSA) is 92.8 Å². The number of carbonyl (C=O) groups excluding carboxylic acids is 2. The Hall–Kier alpha value is -3.66. The fourth-order valence-corrected chi connectivity index (χ4v) is 4.72. The van der Waals surface area contributed by atoms with E-state index in [1.54, 1.807) is 31.3 Å². The Morgan fingerprint density at radius 1 is 1.00 bits per heavy atom. The van der Waals surface area contributed by atoms with Crippen LogP contribution in [-0.2, 0) is 11.3 Å². The number of fused-ring (bicyclic) bond motifs is 1. The number of amides is 3. The Bertz CT molecular complexity index is 1100. The number of piperazine rings is 1. The van der Waals surface area contributed by atoms with Gasteiger partial charge in [0, 0.05) is 57.4 Å². The van der Waals surface area contributed by atoms with Gasteiger partial charge in [0.05, 0.1) is 20.3 Å². The van der Waals surface area contributed by atoms with E-state index in [1.807, 2.05) is 29.2 Å². The SMILES string of the molecule is COc1ccc(N2C[C@H](NC(=O)N3CCN(Cc4ccc5c(c4)OCO5)CC3)CC2=O)cc1OC. The Morgan fingerprint density at radius 3 is 2.54 bits per heavy atom. The highest BCUT2D eigenvalue weighted by atomic mass is 16.7. The van der Waals surface area contributed by atoms with Crippen LogP contribution in [0, 0.1) is 0 Å². The molecule has 0 aromatic heterocycles. The molecular formula is C25H30N4O6. The van der Waals surface area contributed by atoms with Crippen molar-refractivity contribution in [2.24, 2.45) is 0 Å². The minimum atomic E-state index is -0.241. The molecule has 0 unspecified atom stereocenters. The van der Waals surface area contributed by atoms with Gasteiger partial charge in [-0.1, -0.05) is 6.07 Å². The molecule has 35 heavy (non-hydrogen) atoms. The van der Waals surface area contributed by atoms with Crippen molar-refractivity contribution in [1.29, 1.82) is 0 Å². The van der Waals surface area contributed by atoms with Gasteiger partial charge in [-0.15, -0.1) is 0 Å². The van der Waals surface area contributed by atoms with Crippen molar-refractivity contribution in [3.8, 4) is 23.0 Å². The summed E-state index contributed by atoms with van der Waals surface area (Å²) in [5.41, 5.74) is 1.88. The van der Waals surface area contributed by atoms with Crippen molar-refractivity contribution in [3.63, 3.8) is 0 Å². The summed E-state index contributed by atoms with van der Waals surface area (Å²) in [4.78, 5) is 31.3. The van der Waals surface area contributed by atoms with E-state index in [0.29, 0.717) is 31.1 Å². The number of hydrogen-bond acceptors (Lipinski definition) is 7. The highest BCUT2D eigenvalue weighted by Crippen LogP contribution is 2.34. The zero-order chi connectivity index (χ0) is 24.4. The molecule has 10 heteroatoms. The summed E-state index contributed by atoms with van der Waals surface area (Å²) in [6.45, 7) is 4.32. The van der Waals surface area contributed by atoms with Crippen LogP contribution in [-0.4, -0.2) is 81.5 Å². The fourth-order valence-electron chi connectivity index (χ4n) is 4.72. The quantitative estimate of drug-likeness (QED) is 0.674. The summed E-state index contributed by atoms with van der Waals surface area (Å²) in [7, 11) is 3.13. The number of hydrogen-bond donors (Lipinski definition) is 1. The van der Waals surface area contributed by atoms with Crippen LogP contribution in [0.4, 0.5) is 10.5 Å². The third-order valence-corrected chi connectivity index (χ3v) is 6.63. The number of urea groups is 1. The van der Waals surface area contributed by atoms with E-state index < -0.39 is 0 Å². The molecule has 10 nitrogen and oxygen atoms in total. The molecule has 1 atom stereocenters. The molecule has 2 aromatic rings. The Morgan fingerprint density at radius 2 is 1.77 bits per heavy atom. The van der Waals surface area contributed by atoms with Crippen molar-refractivity contribution in [1.82, 2.24) is 15.1 Å². The van der Waals surface area contributed by atoms with E-state index in [1.165, 1.54) is 0 Å². The van der Waals surface area contributed by atoms with Crippen LogP contribution in [0.15, 0.2) is 36.4 Å². The molecule has 1 N–H and O–H groups in total. The molecular weight excluding hydrogens is 452 g/mol. The van der Waals surface area contributed by atoms with Crippen molar-refractivity contribution in [2.45, 2.75) is 19.0 Å². The van der Waals surface area contributed by atoms with Crippen LogP contribution in [0.1, 0.15) is 12.0 Å². The Labute approximate surface area is 204 Å². The number of ether oxygens (including phenoxy) is 4. The first-order valence-corrected chi connectivity index (χ1v) is 11.7. The van der Waals surface area contributed by atoms with E-state index >= 15 is 0 Å². The molecule has 3 aliphatic heterocycles. The molecule has 0 bridgehead atoms. The van der Waals surface area contributed by atoms with Crippen LogP contribution in [0.25, 0.3) is 0 Å². The first-order chi connectivity index (χ1) is 17.0. The molecule has 0 aliphatic carbocycles. The van der Waals surface area contributed by atoms with Gasteiger partial charge >= 0.3 is 6.03 Å². The van der Waals surface area contributed by atoms with E-state index in [-0.39, 0.29) is 31.2 Å². The van der Waals surface area contributed by atoms with Crippen LogP contribution in [0.2, 0.25) is 0 Å². The third-order valence-electron chi connectivity index (χ3n) is 6.63. The average Bonchev–Trinajstić information content (AvgIpc) is 3.49. The number of carbonyl (C=O) groups is 2. The molecule has 186 valence electrons. The van der Waals surface area contributed by atoms with Crippen molar-refractivity contribution in [2.75, 3.05) is 58.6 Å². The van der Waals surface area contributed by atoms with Crippen LogP contribution in [0.5, 0.6) is 23.0 Å². The standard InChI is InChI=1S/C25H30N4O6/c1-32-20-6-4-19(13-22(20)33-2)29-15-18(12-24(29)30)26-25(31)28-9-7-27(8-10-28)14-17-3-5-21-23(11-17)35-16-34-21/h3-6,11,13,18H,7-10,12,14-16H2,1-2H3,(H,26,31)/t18-/m1/s1. The molecule has 3 heterocycles. The summed E-state index contributed by atoms with van der Waals surface area (Å²) < 4.78 is 21.5. The summed E-state index contributed by atoms with van der Waals surface area (Å²) in [6, 6.07) is 11.0. The largest absolute Gasteiger partial charge is 0.493 e. The Kier molecular flexibility index (Phi) is 6.54. The molecule has 0 radical (unpaired) electrons. The first kappa shape index (κ1) is 23.1. The monoisotopic (exact) mass is 482 g/mol. The van der Waals surface area contributed by atoms with Gasteiger partial charge in [0.25, 0.3) is 0 Å². The number of rotatable bonds is 6. The smallest absolute Gasteiger partial charge is 0.317 e. The second-order valence-corrected chi connectivity index (χ2v) is 8.84. The maximum atomic E-state index is 12.9. The van der Waals surface area contributed by atoms with Gasteiger partial charge in [0.1, 0.15) is 0 Å². The Balaban J connectivity index is 1.11. The minimum Gasteiger partial charge on any atom is -0.493 e. The van der Waals surface area contributed by atoms with Gasteiger partial charge < -0.3 is 34.1 Å². The number of methoxy groups -OCH3 is 2. The summed E-state index contributed by atoms with van der Waals surface area (Å²) in [5.74, 6) is 2.70. The van der Waals surface area contributed by atoms with E-state index in [0.717, 1.165) is 42.4 Å². The second kappa shape index (κ2) is 9.91. The lowest BCUT2D eigenvalue weighted by Crippen LogP contribution is -2.53. The van der Waals surface area contributed by atoms with Gasteiger partial charge in [0.15, 0.2) is 23.0 Å². The molecule has 0 spiro atoms. The number of nitrogens with one attached hydrogen (secondary N) is 1. The predicted octanol–water partition coefficient (Wildman–Crippen LogP) is 2.07. The molecule has 2 fully saturated rings. The highest BCUT2D eigenvalue weighted by molar-refractivity contribution is 5.97. The maximum Gasteiger partial charge on any atom is 0.317 e. The van der Waals surface area contributed by atoms with Gasteiger partial charge in [-0.3, -0.25) is 9.69 Å². The average molecular weight is 483 g/mol. The van der Waals surface area contributed by atoms with E-state index in [9.17, 15) is 9.59 Å². The van der Waals surface area contributed by atoms with Crippen molar-refractivity contribution < 1.29 is 28.5 Å². The fraction of sp³-hybridized carbons (Fsp3) is 0.440. The molecule has 3 aliphatic rings. The van der Waals surface area contributed by atoms with Crippen molar-refractivity contribution >= 4 is 17.6 Å². The number of nitrogens with zero attached hydrogens (tertiary/aromatic N) is 3. The molecule has 2 saturated heterocycles. The maximum absolute atomic E-state index is 12.9. The van der Waals surface area contributed by atoms with Crippen LogP contribution >= 0.6 is 0 Å². The van der Waals surface area contributed by atoms with Gasteiger partial charge in [0.2, 0.25) is 12.7 Å². The lowest BCUT2D eigenvalue weighted by molar-refractivity contribution is -0.117. The van der Waals surface area contributed by atoms with E-state index in [4.69, 9.17) is 18.9 Å². The lowest BCUT2D eigenvalue weighted by Gasteiger charge is -2.35. The van der Waals surface area contributed by atoms with E-state index in [2.05, 4.69) is 10.2 Å². The predicted molar refractivity (Wildman–Crippen MR) is 128 cm³/mol. The molecule has 5 rings (SSSR count). The van der Waals surface area contributed by atoms with Crippen molar-refractivity contribution in [3.05, 3.63) is 42.0 Å². The van der Waals surface area contributed by atoms with Gasteiger partial charge in [-0.25, -0.2) is 4.79 Å². The third kappa shape index (κ3) is 4.93. The highest BCUT2D eigenvalue weighted by Gasteiger charge is 2.33. The summed E-state index contributed by atoms with van der Waals surface area (Å²) in [6.07, 6.45) is 0.268. The normalized spacial score (nSPS) is 19.7. The molecule has 2 aromatic carbocycles.